The third kappa shape index (κ3) is 4.64. The van der Waals surface area contributed by atoms with Crippen LogP contribution in [-0.4, -0.2) is 39.1 Å². The van der Waals surface area contributed by atoms with Crippen molar-refractivity contribution in [3.05, 3.63) is 77.9 Å². The van der Waals surface area contributed by atoms with E-state index in [1.165, 1.54) is 0 Å². The topological polar surface area (TPSA) is 66.6 Å². The molecule has 0 atom stereocenters. The molecule has 0 aliphatic heterocycles. The number of hydrogen-bond donors (Lipinski definition) is 0. The molecule has 4 rings (SSSR count). The van der Waals surface area contributed by atoms with E-state index >= 15 is 0 Å². The normalized spacial score (nSPS) is 10.8. The van der Waals surface area contributed by atoms with Gasteiger partial charge in [-0.25, -0.2) is 14.3 Å². The molecule has 7 nitrogen and oxygen atoms in total. The lowest BCUT2D eigenvalue weighted by Crippen LogP contribution is -2.21. The van der Waals surface area contributed by atoms with E-state index in [9.17, 15) is 4.79 Å². The van der Waals surface area contributed by atoms with Crippen LogP contribution in [0.2, 0.25) is 0 Å². The summed E-state index contributed by atoms with van der Waals surface area (Å²) in [5.74, 6) is 2.91. The Hall–Kier alpha value is -3.96. The first-order chi connectivity index (χ1) is 16.0. The summed E-state index contributed by atoms with van der Waals surface area (Å²) in [7, 11) is 2.02. The molecule has 0 fully saturated rings. The van der Waals surface area contributed by atoms with Crippen molar-refractivity contribution in [2.45, 2.75) is 33.7 Å². The third-order valence-corrected chi connectivity index (χ3v) is 5.66. The lowest BCUT2D eigenvalue weighted by molar-refractivity contribution is 0.565. The predicted octanol–water partition coefficient (Wildman–Crippen LogP) is 4.69. The zero-order valence-corrected chi connectivity index (χ0v) is 19.5. The molecule has 0 radical (unpaired) electrons. The van der Waals surface area contributed by atoms with Gasteiger partial charge in [0, 0.05) is 43.8 Å². The second-order valence-corrected chi connectivity index (χ2v) is 8.03. The average Bonchev–Trinajstić information content (AvgIpc) is 3.26. The van der Waals surface area contributed by atoms with Gasteiger partial charge in [-0.3, -0.25) is 4.98 Å². The third-order valence-electron chi connectivity index (χ3n) is 5.66. The molecule has 1 aromatic carbocycles. The molecule has 4 aromatic rings. The van der Waals surface area contributed by atoms with Crippen LogP contribution < -0.4 is 9.80 Å². The van der Waals surface area contributed by atoms with Crippen LogP contribution >= 0.6 is 0 Å². The summed E-state index contributed by atoms with van der Waals surface area (Å²) in [6.45, 7) is 7.46. The van der Waals surface area contributed by atoms with Crippen molar-refractivity contribution in [1.29, 1.82) is 0 Å². The van der Waals surface area contributed by atoms with Crippen LogP contribution in [0.3, 0.4) is 0 Å². The van der Waals surface area contributed by atoms with Gasteiger partial charge in [0.25, 0.3) is 0 Å². The maximum atomic E-state index is 11.3. The van der Waals surface area contributed by atoms with Crippen LogP contribution in [-0.2, 0) is 11.3 Å². The highest BCUT2D eigenvalue weighted by atomic mass is 16.1. The largest absolute Gasteiger partial charge is 0.354 e. The minimum absolute atomic E-state index is 0.644. The van der Waals surface area contributed by atoms with Crippen molar-refractivity contribution >= 4 is 23.1 Å². The smallest absolute Gasteiger partial charge is 0.154 e. The average molecular weight is 441 g/mol. The molecule has 3 heterocycles. The van der Waals surface area contributed by atoms with E-state index < -0.39 is 0 Å². The zero-order chi connectivity index (χ0) is 23.4. The molecule has 0 aliphatic rings. The molecule has 0 amide bonds. The highest BCUT2D eigenvalue weighted by Gasteiger charge is 2.13. The molecule has 0 aliphatic carbocycles. The number of pyridine rings is 1. The van der Waals surface area contributed by atoms with E-state index in [-0.39, 0.29) is 0 Å². The van der Waals surface area contributed by atoms with E-state index in [4.69, 9.17) is 5.10 Å². The molecule has 0 N–H and O–H groups in total. The molecular formula is C26H28N6O. The molecule has 3 aromatic heterocycles. The molecule has 0 saturated carbocycles. The van der Waals surface area contributed by atoms with Gasteiger partial charge in [-0.1, -0.05) is 25.1 Å². The maximum absolute atomic E-state index is 11.3. The van der Waals surface area contributed by atoms with Crippen molar-refractivity contribution in [3.8, 4) is 11.3 Å². The Balaban J connectivity index is 1.63. The summed E-state index contributed by atoms with van der Waals surface area (Å²) in [6.07, 6.45) is 6.22. The van der Waals surface area contributed by atoms with Crippen LogP contribution in [0.5, 0.6) is 0 Å². The number of aryl methyl sites for hydroxylation is 1. The second-order valence-electron chi connectivity index (χ2n) is 8.03. The van der Waals surface area contributed by atoms with Crippen molar-refractivity contribution in [2.24, 2.45) is 0 Å². The van der Waals surface area contributed by atoms with Gasteiger partial charge in [0.15, 0.2) is 5.65 Å². The fraction of sp³-hybridized carbons (Fsp3) is 0.269. The number of aromatic nitrogens is 4. The molecule has 0 bridgehead atoms. The fourth-order valence-corrected chi connectivity index (χ4v) is 3.98. The molecule has 0 saturated heterocycles. The Bertz CT molecular complexity index is 1300. The van der Waals surface area contributed by atoms with Gasteiger partial charge in [0.05, 0.1) is 11.9 Å². The van der Waals surface area contributed by atoms with Gasteiger partial charge < -0.3 is 9.80 Å². The molecule has 0 spiro atoms. The van der Waals surface area contributed by atoms with E-state index in [2.05, 4.69) is 26.9 Å². The Labute approximate surface area is 194 Å². The maximum Gasteiger partial charge on any atom is 0.154 e. The van der Waals surface area contributed by atoms with Crippen LogP contribution in [0.25, 0.3) is 16.9 Å². The number of hydrogen-bond acceptors (Lipinski definition) is 6. The lowest BCUT2D eigenvalue weighted by Gasteiger charge is -2.23. The Morgan fingerprint density at radius 2 is 1.85 bits per heavy atom. The second kappa shape index (κ2) is 9.67. The number of benzene rings is 1. The van der Waals surface area contributed by atoms with Gasteiger partial charge >= 0.3 is 0 Å². The Morgan fingerprint density at radius 1 is 1.06 bits per heavy atom. The zero-order valence-electron chi connectivity index (χ0n) is 19.5. The highest BCUT2D eigenvalue weighted by molar-refractivity contribution is 5.69. The van der Waals surface area contributed by atoms with Crippen LogP contribution in [0.1, 0.15) is 31.4 Å². The molecule has 0 unspecified atom stereocenters. The predicted molar refractivity (Wildman–Crippen MR) is 132 cm³/mol. The number of rotatable bonds is 8. The van der Waals surface area contributed by atoms with E-state index in [1.54, 1.807) is 0 Å². The van der Waals surface area contributed by atoms with Gasteiger partial charge in [-0.2, -0.15) is 0 Å². The van der Waals surface area contributed by atoms with Crippen molar-refractivity contribution < 1.29 is 4.79 Å². The van der Waals surface area contributed by atoms with E-state index in [0.717, 1.165) is 39.5 Å². The fourth-order valence-electron chi connectivity index (χ4n) is 3.98. The Kier molecular flexibility index (Phi) is 6.52. The summed E-state index contributed by atoms with van der Waals surface area (Å²) >= 11 is 0. The van der Waals surface area contributed by atoms with E-state index in [1.807, 2.05) is 92.2 Å². The summed E-state index contributed by atoms with van der Waals surface area (Å²) in [6, 6.07) is 14.2. The minimum atomic E-state index is 0.644. The van der Waals surface area contributed by atoms with Crippen LogP contribution in [0.4, 0.5) is 11.5 Å². The number of carbonyl (C=O) groups excluding carboxylic acids is 1. The lowest BCUT2D eigenvalue weighted by atomic mass is 10.1. The molecule has 33 heavy (non-hydrogen) atoms. The molecular weight excluding hydrogens is 412 g/mol. The first-order valence-electron chi connectivity index (χ1n) is 11.1. The number of fused-ring (bicyclic) bond motifs is 1. The highest BCUT2D eigenvalue weighted by Crippen LogP contribution is 2.26. The van der Waals surface area contributed by atoms with Crippen molar-refractivity contribution in [1.82, 2.24) is 19.6 Å². The van der Waals surface area contributed by atoms with Crippen molar-refractivity contribution in [3.63, 3.8) is 0 Å². The number of nitrogens with zero attached hydrogens (tertiary/aromatic N) is 6. The van der Waals surface area contributed by atoms with Gasteiger partial charge in [-0.05, 0) is 55.7 Å². The number of allylic oxidation sites excluding steroid dienone is 1. The van der Waals surface area contributed by atoms with E-state index in [0.29, 0.717) is 25.2 Å². The van der Waals surface area contributed by atoms with Gasteiger partial charge in [-0.15, -0.1) is 5.10 Å². The summed E-state index contributed by atoms with van der Waals surface area (Å²) in [4.78, 5) is 24.2. The monoisotopic (exact) mass is 440 g/mol. The summed E-state index contributed by atoms with van der Waals surface area (Å²) in [5, 5.41) is 4.85. The molecule has 168 valence electrons. The van der Waals surface area contributed by atoms with Crippen LogP contribution in [0, 0.1) is 6.92 Å². The van der Waals surface area contributed by atoms with Gasteiger partial charge in [0.1, 0.15) is 17.5 Å². The molecule has 7 heteroatoms. The van der Waals surface area contributed by atoms with Crippen LogP contribution in [0.15, 0.2) is 66.8 Å². The Morgan fingerprint density at radius 3 is 2.52 bits per heavy atom. The quantitative estimate of drug-likeness (QED) is 0.371. The standard InChI is InChI=1S/C26H28N6O/c1-5-22(18-33)31(6-2)23-9-7-21(8-10-23)24-16-28-25-11-12-26(29-32(24)25)30(4)17-20-13-19(3)14-27-15-20/h7-16H,5-6,17H2,1-4H3. The SMILES string of the molecule is CCC(=C=O)N(CC)c1ccc(-c2cnc3ccc(N(C)Cc4cncc(C)c4)nn23)cc1. The summed E-state index contributed by atoms with van der Waals surface area (Å²) < 4.78 is 1.87. The summed E-state index contributed by atoms with van der Waals surface area (Å²) in [5.41, 5.74) is 6.60. The number of imidazole rings is 1. The number of anilines is 2. The van der Waals surface area contributed by atoms with Crippen molar-refractivity contribution in [2.75, 3.05) is 23.4 Å². The first-order valence-corrected chi connectivity index (χ1v) is 11.1. The van der Waals surface area contributed by atoms with Gasteiger partial charge in [0.2, 0.25) is 0 Å². The minimum Gasteiger partial charge on any atom is -0.354 e. The first kappa shape index (κ1) is 22.2.